The molecule has 1 unspecified atom stereocenters. The number of amides is 1. The van der Waals surface area contributed by atoms with E-state index in [-0.39, 0.29) is 35.9 Å². The first-order valence-corrected chi connectivity index (χ1v) is 9.41. The molecule has 1 fully saturated rings. The van der Waals surface area contributed by atoms with Gasteiger partial charge in [0, 0.05) is 26.1 Å². The van der Waals surface area contributed by atoms with Gasteiger partial charge in [0.15, 0.2) is 5.96 Å². The Bertz CT molecular complexity index is 783. The normalized spacial score (nSPS) is 15.0. The van der Waals surface area contributed by atoms with Gasteiger partial charge in [0.25, 0.3) is 0 Å². The maximum Gasteiger partial charge on any atom is 0.220 e. The van der Waals surface area contributed by atoms with E-state index in [9.17, 15) is 4.79 Å². The summed E-state index contributed by atoms with van der Waals surface area (Å²) in [6.07, 6.45) is 3.61. The van der Waals surface area contributed by atoms with E-state index in [4.69, 9.17) is 0 Å². The molecule has 5 nitrogen and oxygen atoms in total. The first-order valence-electron chi connectivity index (χ1n) is 9.41. The second-order valence-corrected chi connectivity index (χ2v) is 6.88. The lowest BCUT2D eigenvalue weighted by Crippen LogP contribution is -2.39. The van der Waals surface area contributed by atoms with Gasteiger partial charge in [-0.05, 0) is 42.5 Å². The zero-order valence-electron chi connectivity index (χ0n) is 16.0. The number of nitrogens with one attached hydrogen (secondary N) is 3. The number of rotatable bonds is 7. The Kier molecular flexibility index (Phi) is 8.34. The van der Waals surface area contributed by atoms with Gasteiger partial charge in [-0.15, -0.1) is 24.0 Å². The second kappa shape index (κ2) is 10.5. The summed E-state index contributed by atoms with van der Waals surface area (Å²) in [5.41, 5.74) is 1.25. The average Bonchev–Trinajstić information content (AvgIpc) is 3.47. The van der Waals surface area contributed by atoms with Crippen LogP contribution in [0.15, 0.2) is 47.5 Å². The minimum Gasteiger partial charge on any atom is -0.356 e. The van der Waals surface area contributed by atoms with E-state index in [1.165, 1.54) is 16.3 Å². The van der Waals surface area contributed by atoms with Crippen molar-refractivity contribution in [3.63, 3.8) is 0 Å². The molecular weight excluding hydrogens is 451 g/mol. The molecule has 2 aromatic rings. The van der Waals surface area contributed by atoms with Gasteiger partial charge in [-0.25, -0.2) is 0 Å². The minimum atomic E-state index is 0. The lowest BCUT2D eigenvalue weighted by molar-refractivity contribution is -0.121. The summed E-state index contributed by atoms with van der Waals surface area (Å²) in [5, 5.41) is 12.3. The molecule has 0 heterocycles. The van der Waals surface area contributed by atoms with E-state index in [1.807, 2.05) is 0 Å². The zero-order chi connectivity index (χ0) is 18.4. The van der Waals surface area contributed by atoms with E-state index in [0.29, 0.717) is 12.5 Å². The fourth-order valence-electron chi connectivity index (χ4n) is 3.09. The molecule has 27 heavy (non-hydrogen) atoms. The summed E-state index contributed by atoms with van der Waals surface area (Å²) in [5.74, 6) is 0.911. The molecule has 0 bridgehead atoms. The molecule has 1 saturated carbocycles. The maximum atomic E-state index is 11.7. The van der Waals surface area contributed by atoms with Gasteiger partial charge >= 0.3 is 0 Å². The summed E-state index contributed by atoms with van der Waals surface area (Å²) in [6, 6.07) is 15.3. The molecule has 146 valence electrons. The molecule has 1 atom stereocenters. The van der Waals surface area contributed by atoms with Crippen molar-refractivity contribution in [2.75, 3.05) is 13.6 Å². The molecule has 3 N–H and O–H groups in total. The molecule has 2 aromatic carbocycles. The number of nitrogens with zero attached hydrogens (tertiary/aromatic N) is 1. The Hall–Kier alpha value is -1.83. The highest BCUT2D eigenvalue weighted by molar-refractivity contribution is 14.0. The zero-order valence-corrected chi connectivity index (χ0v) is 18.3. The molecule has 0 aromatic heterocycles. The monoisotopic (exact) mass is 480 g/mol. The van der Waals surface area contributed by atoms with Crippen LogP contribution in [0.5, 0.6) is 0 Å². The van der Waals surface area contributed by atoms with Gasteiger partial charge in [-0.3, -0.25) is 9.79 Å². The van der Waals surface area contributed by atoms with Crippen molar-refractivity contribution >= 4 is 46.6 Å². The van der Waals surface area contributed by atoms with Crippen LogP contribution in [0, 0.1) is 0 Å². The van der Waals surface area contributed by atoms with E-state index < -0.39 is 0 Å². The summed E-state index contributed by atoms with van der Waals surface area (Å²) >= 11 is 0. The Morgan fingerprint density at radius 1 is 1.19 bits per heavy atom. The average molecular weight is 480 g/mol. The molecule has 6 heteroatoms. The molecule has 1 amide bonds. The largest absolute Gasteiger partial charge is 0.356 e. The van der Waals surface area contributed by atoms with E-state index in [2.05, 4.69) is 70.3 Å². The molecule has 1 aliphatic rings. The molecule has 1 aliphatic carbocycles. The SMILES string of the molecule is CN=C(NCCCC(=O)NC1CC1)NC(C)c1cccc2ccccc12.I. The van der Waals surface area contributed by atoms with Crippen LogP contribution in [0.2, 0.25) is 0 Å². The first-order chi connectivity index (χ1) is 12.7. The predicted molar refractivity (Wildman–Crippen MR) is 123 cm³/mol. The van der Waals surface area contributed by atoms with Gasteiger partial charge in [-0.2, -0.15) is 0 Å². The smallest absolute Gasteiger partial charge is 0.220 e. The van der Waals surface area contributed by atoms with Gasteiger partial charge in [0.2, 0.25) is 5.91 Å². The summed E-state index contributed by atoms with van der Waals surface area (Å²) in [4.78, 5) is 16.0. The third-order valence-electron chi connectivity index (χ3n) is 4.68. The standard InChI is InChI=1S/C21H28N4O.HI/c1-15(18-10-5-8-16-7-3-4-9-19(16)18)24-21(22-2)23-14-6-11-20(26)25-17-12-13-17;/h3-5,7-10,15,17H,6,11-14H2,1-2H3,(H,25,26)(H2,22,23,24);1H. The van der Waals surface area contributed by atoms with Crippen molar-refractivity contribution in [3.8, 4) is 0 Å². The number of hydrogen-bond donors (Lipinski definition) is 3. The molecule has 0 aliphatic heterocycles. The number of benzene rings is 2. The van der Waals surface area contributed by atoms with Gasteiger partial charge in [0.05, 0.1) is 6.04 Å². The van der Waals surface area contributed by atoms with Crippen molar-refractivity contribution in [3.05, 3.63) is 48.0 Å². The second-order valence-electron chi connectivity index (χ2n) is 6.88. The van der Waals surface area contributed by atoms with Crippen LogP contribution in [0.3, 0.4) is 0 Å². The van der Waals surface area contributed by atoms with Gasteiger partial charge in [0.1, 0.15) is 0 Å². The van der Waals surface area contributed by atoms with Crippen molar-refractivity contribution in [2.45, 2.75) is 44.7 Å². The summed E-state index contributed by atoms with van der Waals surface area (Å²) in [7, 11) is 1.77. The number of halogens is 1. The number of carbonyl (C=O) groups is 1. The van der Waals surface area contributed by atoms with Crippen LogP contribution in [0.25, 0.3) is 10.8 Å². The molecule has 0 spiro atoms. The fourth-order valence-corrected chi connectivity index (χ4v) is 3.09. The van der Waals surface area contributed by atoms with Gasteiger partial charge in [-0.1, -0.05) is 42.5 Å². The van der Waals surface area contributed by atoms with Gasteiger partial charge < -0.3 is 16.0 Å². The third-order valence-corrected chi connectivity index (χ3v) is 4.68. The molecule has 0 saturated heterocycles. The van der Waals surface area contributed by atoms with Crippen molar-refractivity contribution in [1.29, 1.82) is 0 Å². The van der Waals surface area contributed by atoms with E-state index >= 15 is 0 Å². The third kappa shape index (κ3) is 6.37. The summed E-state index contributed by atoms with van der Waals surface area (Å²) in [6.45, 7) is 2.86. The van der Waals surface area contributed by atoms with E-state index in [1.54, 1.807) is 7.05 Å². The number of hydrogen-bond acceptors (Lipinski definition) is 2. The predicted octanol–water partition coefficient (Wildman–Crippen LogP) is 3.74. The lowest BCUT2D eigenvalue weighted by atomic mass is 10.00. The highest BCUT2D eigenvalue weighted by atomic mass is 127. The van der Waals surface area contributed by atoms with Crippen LogP contribution < -0.4 is 16.0 Å². The quantitative estimate of drug-likeness (QED) is 0.245. The number of guanidine groups is 1. The number of aliphatic imine (C=N–C) groups is 1. The minimum absolute atomic E-state index is 0. The highest BCUT2D eigenvalue weighted by Gasteiger charge is 2.22. The molecule has 3 rings (SSSR count). The van der Waals surface area contributed by atoms with Crippen molar-refractivity contribution < 1.29 is 4.79 Å². The Morgan fingerprint density at radius 2 is 1.93 bits per heavy atom. The Balaban J connectivity index is 0.00000261. The first kappa shape index (κ1) is 21.5. The fraction of sp³-hybridized carbons (Fsp3) is 0.429. The Labute approximate surface area is 178 Å². The lowest BCUT2D eigenvalue weighted by Gasteiger charge is -2.20. The number of carbonyl (C=O) groups excluding carboxylic acids is 1. The maximum absolute atomic E-state index is 11.7. The topological polar surface area (TPSA) is 65.5 Å². The van der Waals surface area contributed by atoms with Crippen LogP contribution in [-0.4, -0.2) is 31.5 Å². The van der Waals surface area contributed by atoms with Crippen molar-refractivity contribution in [2.24, 2.45) is 4.99 Å². The summed E-state index contributed by atoms with van der Waals surface area (Å²) < 4.78 is 0. The molecular formula is C21H29IN4O. The van der Waals surface area contributed by atoms with Crippen molar-refractivity contribution in [1.82, 2.24) is 16.0 Å². The number of fused-ring (bicyclic) bond motifs is 1. The highest BCUT2D eigenvalue weighted by Crippen LogP contribution is 2.23. The molecule has 0 radical (unpaired) electrons. The van der Waals surface area contributed by atoms with E-state index in [0.717, 1.165) is 31.8 Å². The Morgan fingerprint density at radius 3 is 2.67 bits per heavy atom. The van der Waals surface area contributed by atoms with Crippen LogP contribution in [0.4, 0.5) is 0 Å². The van der Waals surface area contributed by atoms with Crippen LogP contribution >= 0.6 is 24.0 Å². The van der Waals surface area contributed by atoms with Crippen LogP contribution in [0.1, 0.15) is 44.2 Å². The van der Waals surface area contributed by atoms with Crippen LogP contribution in [-0.2, 0) is 4.79 Å².